The first-order valence-electron chi connectivity index (χ1n) is 7.20. The Kier molecular flexibility index (Phi) is 5.58. The van der Waals surface area contributed by atoms with Crippen molar-refractivity contribution in [1.29, 1.82) is 0 Å². The van der Waals surface area contributed by atoms with E-state index in [1.54, 1.807) is 19.2 Å². The van der Waals surface area contributed by atoms with E-state index >= 15 is 0 Å². The van der Waals surface area contributed by atoms with Gasteiger partial charge in [0.15, 0.2) is 0 Å². The maximum absolute atomic E-state index is 12.8. The molecule has 2 unspecified atom stereocenters. The predicted octanol–water partition coefficient (Wildman–Crippen LogP) is 4.28. The molecule has 1 aromatic carbocycles. The molecule has 1 aliphatic rings. The van der Waals surface area contributed by atoms with E-state index in [1.807, 2.05) is 0 Å². The lowest BCUT2D eigenvalue weighted by Crippen LogP contribution is -2.42. The van der Waals surface area contributed by atoms with Crippen molar-refractivity contribution in [1.82, 2.24) is 4.31 Å². The zero-order chi connectivity index (χ0) is 15.6. The summed E-state index contributed by atoms with van der Waals surface area (Å²) >= 11 is 11.8. The van der Waals surface area contributed by atoms with Crippen LogP contribution in [0.2, 0.25) is 5.02 Å². The van der Waals surface area contributed by atoms with E-state index in [4.69, 9.17) is 23.2 Å². The maximum atomic E-state index is 12.8. The van der Waals surface area contributed by atoms with Gasteiger partial charge < -0.3 is 0 Å². The fraction of sp³-hybridized carbons (Fsp3) is 0.600. The van der Waals surface area contributed by atoms with Crippen LogP contribution < -0.4 is 0 Å². The average molecular weight is 350 g/mol. The number of sulfonamides is 1. The largest absolute Gasteiger partial charge is 0.243 e. The summed E-state index contributed by atoms with van der Waals surface area (Å²) in [5, 5.41) is 0.399. The summed E-state index contributed by atoms with van der Waals surface area (Å²) < 4.78 is 27.0. The summed E-state index contributed by atoms with van der Waals surface area (Å²) in [5.74, 6) is 0.658. The van der Waals surface area contributed by atoms with Gasteiger partial charge in [-0.15, -0.1) is 11.6 Å². The van der Waals surface area contributed by atoms with Crippen LogP contribution in [0.25, 0.3) is 0 Å². The van der Waals surface area contributed by atoms with Gasteiger partial charge in [-0.25, -0.2) is 8.42 Å². The zero-order valence-corrected chi connectivity index (χ0v) is 14.7. The molecule has 3 nitrogen and oxygen atoms in total. The minimum Gasteiger partial charge on any atom is -0.207 e. The highest BCUT2D eigenvalue weighted by molar-refractivity contribution is 7.89. The number of nitrogens with zero attached hydrogens (tertiary/aromatic N) is 1. The molecule has 0 radical (unpaired) electrons. The molecule has 0 bridgehead atoms. The molecule has 2 rings (SSSR count). The molecular weight excluding hydrogens is 329 g/mol. The second kappa shape index (κ2) is 6.86. The third-order valence-corrected chi connectivity index (χ3v) is 6.90. The Balaban J connectivity index is 2.30. The van der Waals surface area contributed by atoms with Crippen molar-refractivity contribution in [3.63, 3.8) is 0 Å². The van der Waals surface area contributed by atoms with E-state index < -0.39 is 10.0 Å². The highest BCUT2D eigenvalue weighted by atomic mass is 35.5. The van der Waals surface area contributed by atoms with Crippen LogP contribution in [-0.4, -0.2) is 25.8 Å². The van der Waals surface area contributed by atoms with Gasteiger partial charge in [0.1, 0.15) is 0 Å². The van der Waals surface area contributed by atoms with Gasteiger partial charge in [0.25, 0.3) is 0 Å². The molecule has 118 valence electrons. The van der Waals surface area contributed by atoms with Crippen LogP contribution in [0.4, 0.5) is 0 Å². The average Bonchev–Trinajstić information content (AvgIpc) is 2.47. The predicted molar refractivity (Wildman–Crippen MR) is 87.4 cm³/mol. The topological polar surface area (TPSA) is 37.4 Å². The van der Waals surface area contributed by atoms with Crippen molar-refractivity contribution < 1.29 is 8.42 Å². The Morgan fingerprint density at radius 1 is 1.29 bits per heavy atom. The van der Waals surface area contributed by atoms with Crippen molar-refractivity contribution in [2.75, 3.05) is 7.05 Å². The lowest BCUT2D eigenvalue weighted by Gasteiger charge is -2.35. The highest BCUT2D eigenvalue weighted by Gasteiger charge is 2.33. The second-order valence-corrected chi connectivity index (χ2v) is 8.41. The quantitative estimate of drug-likeness (QED) is 0.760. The Morgan fingerprint density at radius 3 is 2.52 bits per heavy atom. The van der Waals surface area contributed by atoms with Gasteiger partial charge in [-0.2, -0.15) is 4.31 Å². The molecule has 0 spiro atoms. The molecule has 0 heterocycles. The lowest BCUT2D eigenvalue weighted by molar-refractivity contribution is 0.213. The molecule has 0 amide bonds. The molecule has 6 heteroatoms. The van der Waals surface area contributed by atoms with Crippen LogP contribution in [0.15, 0.2) is 23.1 Å². The van der Waals surface area contributed by atoms with Gasteiger partial charge >= 0.3 is 0 Å². The standard InChI is InChI=1S/C15H21Cl2NO2S/c1-11-5-3-4-6-15(11)18(2)21(19,20)13-8-7-12(10-16)14(17)9-13/h7-9,11,15H,3-6,10H2,1-2H3. The Labute approximate surface area is 137 Å². The van der Waals surface area contributed by atoms with Crippen LogP contribution >= 0.6 is 23.2 Å². The first kappa shape index (κ1) is 17.1. The number of alkyl halides is 1. The zero-order valence-electron chi connectivity index (χ0n) is 12.4. The molecule has 1 saturated carbocycles. The highest BCUT2D eigenvalue weighted by Crippen LogP contribution is 2.31. The molecule has 0 saturated heterocycles. The summed E-state index contributed by atoms with van der Waals surface area (Å²) in [7, 11) is -1.84. The minimum absolute atomic E-state index is 0.0650. The Morgan fingerprint density at radius 2 is 1.95 bits per heavy atom. The molecule has 0 N–H and O–H groups in total. The fourth-order valence-electron chi connectivity index (χ4n) is 2.98. The number of halogens is 2. The lowest BCUT2D eigenvalue weighted by atomic mass is 9.86. The van der Waals surface area contributed by atoms with Crippen molar-refractivity contribution >= 4 is 33.2 Å². The molecule has 0 aliphatic heterocycles. The normalized spacial score (nSPS) is 23.5. The summed E-state index contributed by atoms with van der Waals surface area (Å²) in [5.41, 5.74) is 0.742. The van der Waals surface area contributed by atoms with Crippen LogP contribution in [0.3, 0.4) is 0 Å². The first-order valence-corrected chi connectivity index (χ1v) is 9.55. The van der Waals surface area contributed by atoms with Gasteiger partial charge in [0.2, 0.25) is 10.0 Å². The summed E-state index contributed by atoms with van der Waals surface area (Å²) in [6.07, 6.45) is 4.27. The van der Waals surface area contributed by atoms with E-state index in [2.05, 4.69) is 6.92 Å². The summed E-state index contributed by atoms with van der Waals surface area (Å²) in [6.45, 7) is 2.12. The van der Waals surface area contributed by atoms with Gasteiger partial charge in [-0.05, 0) is 36.5 Å². The van der Waals surface area contributed by atoms with E-state index in [0.29, 0.717) is 10.9 Å². The summed E-state index contributed by atoms with van der Waals surface area (Å²) in [4.78, 5) is 0.238. The number of hydrogen-bond donors (Lipinski definition) is 0. The minimum atomic E-state index is -3.51. The van der Waals surface area contributed by atoms with Gasteiger partial charge in [-0.1, -0.05) is 37.4 Å². The monoisotopic (exact) mass is 349 g/mol. The first-order chi connectivity index (χ1) is 9.87. The second-order valence-electron chi connectivity index (χ2n) is 5.74. The van der Waals surface area contributed by atoms with Crippen LogP contribution in [0, 0.1) is 5.92 Å². The van der Waals surface area contributed by atoms with Crippen molar-refractivity contribution in [3.8, 4) is 0 Å². The van der Waals surface area contributed by atoms with E-state index in [9.17, 15) is 8.42 Å². The smallest absolute Gasteiger partial charge is 0.207 e. The number of benzene rings is 1. The Bertz CT molecular complexity index is 604. The fourth-order valence-corrected chi connectivity index (χ4v) is 5.10. The van der Waals surface area contributed by atoms with Crippen LogP contribution in [0.5, 0.6) is 0 Å². The van der Waals surface area contributed by atoms with Gasteiger partial charge in [-0.3, -0.25) is 0 Å². The molecule has 1 fully saturated rings. The maximum Gasteiger partial charge on any atom is 0.243 e. The van der Waals surface area contributed by atoms with E-state index in [0.717, 1.165) is 24.8 Å². The van der Waals surface area contributed by atoms with E-state index in [-0.39, 0.29) is 16.8 Å². The molecular formula is C15H21Cl2NO2S. The summed E-state index contributed by atoms with van der Waals surface area (Å²) in [6, 6.07) is 4.83. The number of rotatable bonds is 4. The number of hydrogen-bond acceptors (Lipinski definition) is 2. The Hall–Kier alpha value is -0.290. The molecule has 1 aromatic rings. The van der Waals surface area contributed by atoms with Crippen molar-refractivity contribution in [2.24, 2.45) is 5.92 Å². The van der Waals surface area contributed by atoms with Crippen molar-refractivity contribution in [3.05, 3.63) is 28.8 Å². The SMILES string of the molecule is CC1CCCCC1N(C)S(=O)(=O)c1ccc(CCl)c(Cl)c1. The van der Waals surface area contributed by atoms with Gasteiger partial charge in [0, 0.05) is 24.0 Å². The van der Waals surface area contributed by atoms with E-state index in [1.165, 1.54) is 16.8 Å². The van der Waals surface area contributed by atoms with Gasteiger partial charge in [0.05, 0.1) is 4.90 Å². The molecule has 2 atom stereocenters. The molecule has 1 aliphatic carbocycles. The van der Waals surface area contributed by atoms with Crippen LogP contribution in [0.1, 0.15) is 38.2 Å². The van der Waals surface area contributed by atoms with Crippen LogP contribution in [-0.2, 0) is 15.9 Å². The molecule has 0 aromatic heterocycles. The molecule has 21 heavy (non-hydrogen) atoms. The third kappa shape index (κ3) is 3.55. The third-order valence-electron chi connectivity index (χ3n) is 4.38. The van der Waals surface area contributed by atoms with Crippen molar-refractivity contribution in [2.45, 2.75) is 49.4 Å².